The molecule has 1 aromatic rings. The highest BCUT2D eigenvalue weighted by Gasteiger charge is 2.09. The topological polar surface area (TPSA) is 50.7 Å². The molecule has 0 saturated heterocycles. The van der Waals surface area contributed by atoms with Gasteiger partial charge in [-0.25, -0.2) is 0 Å². The molecule has 14 heavy (non-hydrogen) atoms. The Bertz CT molecular complexity index is 414. The summed E-state index contributed by atoms with van der Waals surface area (Å²) in [6.45, 7) is 0. The highest BCUT2D eigenvalue weighted by atomic mass is 35.5. The number of halogens is 1. The number of amidine groups is 1. The van der Waals surface area contributed by atoms with Gasteiger partial charge >= 0.3 is 0 Å². The van der Waals surface area contributed by atoms with Crippen LogP contribution >= 0.6 is 23.4 Å². The first-order chi connectivity index (χ1) is 6.75. The predicted octanol–water partition coefficient (Wildman–Crippen LogP) is 2.11. The lowest BCUT2D eigenvalue weighted by Gasteiger charge is -2.08. The third-order valence-corrected chi connectivity index (χ3v) is 2.81. The van der Waals surface area contributed by atoms with E-state index >= 15 is 0 Å². The summed E-state index contributed by atoms with van der Waals surface area (Å²) in [5.41, 5.74) is 7.39. The largest absolute Gasteiger partial charge is 0.377 e. The average Bonchev–Trinajstić information content (AvgIpc) is 2.19. The van der Waals surface area contributed by atoms with E-state index in [9.17, 15) is 0 Å². The number of hydrogen-bond donors (Lipinski definition) is 1. The van der Waals surface area contributed by atoms with Crippen molar-refractivity contribution in [3.63, 3.8) is 0 Å². The number of benzene rings is 1. The third kappa shape index (κ3) is 2.08. The highest BCUT2D eigenvalue weighted by Crippen LogP contribution is 2.16. The smallest absolute Gasteiger partial charge is 0.180 e. The SMILES string of the molecule is NC1=NN=C(c2cccc(Cl)c2)CS1. The van der Waals surface area contributed by atoms with Gasteiger partial charge in [-0.15, -0.1) is 5.10 Å². The summed E-state index contributed by atoms with van der Waals surface area (Å²) in [5, 5.41) is 9.06. The standard InChI is InChI=1S/C9H8ClN3S/c10-7-3-1-2-6(4-7)8-5-14-9(11)13-12-8/h1-4H,5H2,(H2,11,13). The fourth-order valence-electron chi connectivity index (χ4n) is 1.12. The lowest BCUT2D eigenvalue weighted by atomic mass is 10.1. The van der Waals surface area contributed by atoms with Crippen molar-refractivity contribution in [1.29, 1.82) is 0 Å². The minimum atomic E-state index is 0.510. The van der Waals surface area contributed by atoms with Crippen molar-refractivity contribution < 1.29 is 0 Å². The zero-order chi connectivity index (χ0) is 9.97. The maximum atomic E-state index is 5.87. The fourth-order valence-corrected chi connectivity index (χ4v) is 1.92. The van der Waals surface area contributed by atoms with E-state index in [2.05, 4.69) is 10.2 Å². The molecule has 0 amide bonds. The third-order valence-electron chi connectivity index (χ3n) is 1.78. The maximum Gasteiger partial charge on any atom is 0.180 e. The van der Waals surface area contributed by atoms with Crippen molar-refractivity contribution in [3.05, 3.63) is 34.9 Å². The van der Waals surface area contributed by atoms with Crippen LogP contribution in [0.1, 0.15) is 5.56 Å². The molecule has 5 heteroatoms. The molecule has 2 N–H and O–H groups in total. The summed E-state index contributed by atoms with van der Waals surface area (Å²) in [7, 11) is 0. The van der Waals surface area contributed by atoms with Gasteiger partial charge in [-0.05, 0) is 12.1 Å². The Morgan fingerprint density at radius 2 is 2.21 bits per heavy atom. The lowest BCUT2D eigenvalue weighted by molar-refractivity contribution is 1.22. The second-order valence-electron chi connectivity index (χ2n) is 2.78. The molecule has 1 heterocycles. The lowest BCUT2D eigenvalue weighted by Crippen LogP contribution is -2.16. The van der Waals surface area contributed by atoms with Gasteiger partial charge in [-0.3, -0.25) is 0 Å². The van der Waals surface area contributed by atoms with Crippen LogP contribution < -0.4 is 5.73 Å². The molecule has 2 rings (SSSR count). The van der Waals surface area contributed by atoms with E-state index in [1.165, 1.54) is 11.8 Å². The molecule has 1 aliphatic heterocycles. The molecule has 0 spiro atoms. The van der Waals surface area contributed by atoms with Crippen LogP contribution in [0.4, 0.5) is 0 Å². The van der Waals surface area contributed by atoms with Gasteiger partial charge in [0.2, 0.25) is 0 Å². The first-order valence-corrected chi connectivity index (χ1v) is 5.41. The normalized spacial score (nSPS) is 16.1. The highest BCUT2D eigenvalue weighted by molar-refractivity contribution is 8.14. The number of nitrogens with zero attached hydrogens (tertiary/aromatic N) is 2. The van der Waals surface area contributed by atoms with Gasteiger partial charge in [0.15, 0.2) is 5.17 Å². The Kier molecular flexibility index (Phi) is 2.74. The maximum absolute atomic E-state index is 5.87. The van der Waals surface area contributed by atoms with Crippen molar-refractivity contribution in [2.75, 3.05) is 5.75 Å². The minimum Gasteiger partial charge on any atom is -0.377 e. The zero-order valence-corrected chi connectivity index (χ0v) is 8.85. The molecule has 0 aliphatic carbocycles. The van der Waals surface area contributed by atoms with E-state index in [0.717, 1.165) is 17.0 Å². The van der Waals surface area contributed by atoms with E-state index < -0.39 is 0 Å². The molecule has 0 unspecified atom stereocenters. The van der Waals surface area contributed by atoms with Gasteiger partial charge in [0.05, 0.1) is 5.71 Å². The van der Waals surface area contributed by atoms with Crippen LogP contribution in [-0.2, 0) is 0 Å². The van der Waals surface area contributed by atoms with E-state index in [-0.39, 0.29) is 0 Å². The Balaban J connectivity index is 2.32. The summed E-state index contributed by atoms with van der Waals surface area (Å²) in [5.74, 6) is 0.746. The Morgan fingerprint density at radius 1 is 1.36 bits per heavy atom. The van der Waals surface area contributed by atoms with Crippen LogP contribution in [-0.4, -0.2) is 16.6 Å². The van der Waals surface area contributed by atoms with Crippen LogP contribution in [0.2, 0.25) is 5.02 Å². The molecule has 0 bridgehead atoms. The first-order valence-electron chi connectivity index (χ1n) is 4.04. The van der Waals surface area contributed by atoms with Gasteiger partial charge in [0.1, 0.15) is 0 Å². The summed E-state index contributed by atoms with van der Waals surface area (Å²) in [6.07, 6.45) is 0. The summed E-state index contributed by atoms with van der Waals surface area (Å²) >= 11 is 7.35. The van der Waals surface area contributed by atoms with Crippen molar-refractivity contribution in [2.45, 2.75) is 0 Å². The van der Waals surface area contributed by atoms with E-state index in [1.54, 1.807) is 0 Å². The summed E-state index contributed by atoms with van der Waals surface area (Å²) in [4.78, 5) is 0. The molecule has 1 aromatic carbocycles. The van der Waals surface area contributed by atoms with Crippen molar-refractivity contribution >= 4 is 34.2 Å². The van der Waals surface area contributed by atoms with Crippen LogP contribution in [0.5, 0.6) is 0 Å². The molecule has 3 nitrogen and oxygen atoms in total. The van der Waals surface area contributed by atoms with Crippen LogP contribution in [0.15, 0.2) is 34.5 Å². The van der Waals surface area contributed by atoms with Gasteiger partial charge in [-0.1, -0.05) is 35.5 Å². The molecule has 0 aromatic heterocycles. The van der Waals surface area contributed by atoms with Gasteiger partial charge in [0.25, 0.3) is 0 Å². The van der Waals surface area contributed by atoms with Crippen molar-refractivity contribution in [3.8, 4) is 0 Å². The molecule has 1 aliphatic rings. The Hall–Kier alpha value is -1.000. The quantitative estimate of drug-likeness (QED) is 0.796. The molecule has 0 atom stereocenters. The summed E-state index contributed by atoms with van der Waals surface area (Å²) < 4.78 is 0. The van der Waals surface area contributed by atoms with E-state index in [4.69, 9.17) is 17.3 Å². The zero-order valence-electron chi connectivity index (χ0n) is 7.27. The second-order valence-corrected chi connectivity index (χ2v) is 4.22. The molecule has 72 valence electrons. The van der Waals surface area contributed by atoms with Gasteiger partial charge in [0, 0.05) is 16.3 Å². The monoisotopic (exact) mass is 225 g/mol. The van der Waals surface area contributed by atoms with Crippen LogP contribution in [0.3, 0.4) is 0 Å². The molecular weight excluding hydrogens is 218 g/mol. The molecular formula is C9H8ClN3S. The molecule has 0 saturated carbocycles. The average molecular weight is 226 g/mol. The number of rotatable bonds is 1. The minimum absolute atomic E-state index is 0.510. The summed E-state index contributed by atoms with van der Waals surface area (Å²) in [6, 6.07) is 7.56. The number of nitrogens with two attached hydrogens (primary N) is 1. The van der Waals surface area contributed by atoms with E-state index in [0.29, 0.717) is 10.2 Å². The molecule has 0 fully saturated rings. The van der Waals surface area contributed by atoms with Crippen molar-refractivity contribution in [1.82, 2.24) is 0 Å². The fraction of sp³-hybridized carbons (Fsp3) is 0.111. The number of thioether (sulfide) groups is 1. The van der Waals surface area contributed by atoms with Crippen molar-refractivity contribution in [2.24, 2.45) is 15.9 Å². The predicted molar refractivity (Wildman–Crippen MR) is 62.1 cm³/mol. The van der Waals surface area contributed by atoms with E-state index in [1.807, 2.05) is 24.3 Å². The van der Waals surface area contributed by atoms with Gasteiger partial charge < -0.3 is 5.73 Å². The second kappa shape index (κ2) is 4.02. The van der Waals surface area contributed by atoms with Crippen LogP contribution in [0.25, 0.3) is 0 Å². The Morgan fingerprint density at radius 3 is 2.86 bits per heavy atom. The first kappa shape index (κ1) is 9.55. The Labute approximate surface area is 91.0 Å². The molecule has 0 radical (unpaired) electrons. The van der Waals surface area contributed by atoms with Crippen LogP contribution in [0, 0.1) is 0 Å². The van der Waals surface area contributed by atoms with Gasteiger partial charge in [-0.2, -0.15) is 5.10 Å². The number of hydrogen-bond acceptors (Lipinski definition) is 4.